The van der Waals surface area contributed by atoms with Crippen LogP contribution in [0.1, 0.15) is 27.2 Å². The minimum Gasteiger partial charge on any atom is -0.378 e. The van der Waals surface area contributed by atoms with Crippen molar-refractivity contribution in [3.05, 3.63) is 45.4 Å². The molecule has 1 unspecified atom stereocenters. The number of hydrogen-bond donors (Lipinski definition) is 1. The maximum Gasteiger partial charge on any atom is 0.114 e. The normalized spacial score (nSPS) is 12.5. The Morgan fingerprint density at radius 1 is 1.17 bits per heavy atom. The van der Waals surface area contributed by atoms with E-state index >= 15 is 0 Å². The Morgan fingerprint density at radius 2 is 1.78 bits per heavy atom. The van der Waals surface area contributed by atoms with Gasteiger partial charge in [0, 0.05) is 24.7 Å². The van der Waals surface area contributed by atoms with E-state index in [1.165, 1.54) is 10.6 Å². The number of rotatable bonds is 3. The Morgan fingerprint density at radius 3 is 2.22 bits per heavy atom. The van der Waals surface area contributed by atoms with Crippen molar-refractivity contribution in [3.63, 3.8) is 0 Å². The van der Waals surface area contributed by atoms with Gasteiger partial charge in [-0.25, -0.2) is 4.98 Å². The number of aromatic nitrogens is 1. The summed E-state index contributed by atoms with van der Waals surface area (Å²) in [6, 6.07) is 8.20. The topological polar surface area (TPSA) is 42.1 Å². The van der Waals surface area contributed by atoms with Crippen LogP contribution in [-0.2, 0) is 0 Å². The highest BCUT2D eigenvalue weighted by molar-refractivity contribution is 7.11. The summed E-state index contributed by atoms with van der Waals surface area (Å²) in [6.07, 6.45) is 0. The second-order valence-corrected chi connectivity index (χ2v) is 5.89. The Hall–Kier alpha value is -1.39. The van der Waals surface area contributed by atoms with Crippen LogP contribution in [0.5, 0.6) is 0 Å². The molecule has 0 bridgehead atoms. The lowest BCUT2D eigenvalue weighted by atomic mass is 10.1. The Kier molecular flexibility index (Phi) is 3.68. The summed E-state index contributed by atoms with van der Waals surface area (Å²) < 4.78 is 0. The van der Waals surface area contributed by atoms with Gasteiger partial charge < -0.3 is 10.6 Å². The smallest absolute Gasteiger partial charge is 0.114 e. The fourth-order valence-corrected chi connectivity index (χ4v) is 2.71. The van der Waals surface area contributed by atoms with E-state index in [1.54, 1.807) is 11.3 Å². The molecule has 0 radical (unpaired) electrons. The van der Waals surface area contributed by atoms with Gasteiger partial charge in [0.05, 0.1) is 11.7 Å². The van der Waals surface area contributed by atoms with Crippen LogP contribution in [0.4, 0.5) is 5.69 Å². The fourth-order valence-electron chi connectivity index (χ4n) is 1.75. The molecule has 0 fully saturated rings. The molecule has 1 aromatic heterocycles. The van der Waals surface area contributed by atoms with Crippen LogP contribution in [0.3, 0.4) is 0 Å². The second-order valence-electron chi connectivity index (χ2n) is 4.66. The van der Waals surface area contributed by atoms with Crippen LogP contribution in [0, 0.1) is 13.8 Å². The minimum atomic E-state index is -0.126. The lowest BCUT2D eigenvalue weighted by Crippen LogP contribution is -2.12. The van der Waals surface area contributed by atoms with Crippen molar-refractivity contribution in [2.24, 2.45) is 5.73 Å². The van der Waals surface area contributed by atoms with Gasteiger partial charge in [0.2, 0.25) is 0 Å². The van der Waals surface area contributed by atoms with Crippen LogP contribution in [-0.4, -0.2) is 19.1 Å². The number of thiazole rings is 1. The quantitative estimate of drug-likeness (QED) is 0.923. The number of benzene rings is 1. The average molecular weight is 261 g/mol. The molecule has 2 N–H and O–H groups in total. The molecule has 1 aromatic carbocycles. The maximum absolute atomic E-state index is 6.26. The number of aryl methyl sites for hydroxylation is 2. The fraction of sp³-hybridized carbons (Fsp3) is 0.357. The first-order chi connectivity index (χ1) is 8.49. The number of nitrogens with two attached hydrogens (primary N) is 1. The molecule has 0 saturated carbocycles. The standard InChI is InChI=1S/C14H19N3S/c1-9-10(2)18-14(16-9)13(15)11-5-7-12(8-6-11)17(3)4/h5-8,13H,15H2,1-4H3. The molecule has 1 atom stereocenters. The van der Waals surface area contributed by atoms with Crippen molar-refractivity contribution in [1.82, 2.24) is 4.98 Å². The average Bonchev–Trinajstić information content (AvgIpc) is 2.69. The van der Waals surface area contributed by atoms with E-state index in [2.05, 4.69) is 41.1 Å². The number of anilines is 1. The van der Waals surface area contributed by atoms with Crippen molar-refractivity contribution in [3.8, 4) is 0 Å². The summed E-state index contributed by atoms with van der Waals surface area (Å²) in [4.78, 5) is 7.84. The van der Waals surface area contributed by atoms with E-state index in [9.17, 15) is 0 Å². The molecule has 0 spiro atoms. The summed E-state index contributed by atoms with van der Waals surface area (Å²) in [5, 5.41) is 0.989. The molecule has 3 nitrogen and oxygen atoms in total. The minimum absolute atomic E-state index is 0.126. The Labute approximate surface area is 112 Å². The predicted molar refractivity (Wildman–Crippen MR) is 78.4 cm³/mol. The molecule has 2 aromatic rings. The third kappa shape index (κ3) is 2.54. The molecule has 1 heterocycles. The van der Waals surface area contributed by atoms with Crippen molar-refractivity contribution in [1.29, 1.82) is 0 Å². The molecule has 2 rings (SSSR count). The number of nitrogens with zero attached hydrogens (tertiary/aromatic N) is 2. The molecule has 0 amide bonds. The molecule has 4 heteroatoms. The van der Waals surface area contributed by atoms with Crippen LogP contribution < -0.4 is 10.6 Å². The van der Waals surface area contributed by atoms with Gasteiger partial charge in [-0.1, -0.05) is 12.1 Å². The van der Waals surface area contributed by atoms with Crippen LogP contribution >= 0.6 is 11.3 Å². The first-order valence-corrected chi connectivity index (χ1v) is 6.77. The van der Waals surface area contributed by atoms with Gasteiger partial charge in [-0.2, -0.15) is 0 Å². The van der Waals surface area contributed by atoms with Crippen LogP contribution in [0.2, 0.25) is 0 Å². The Balaban J connectivity index is 2.25. The van der Waals surface area contributed by atoms with E-state index < -0.39 is 0 Å². The van der Waals surface area contributed by atoms with Gasteiger partial charge in [-0.3, -0.25) is 0 Å². The lowest BCUT2D eigenvalue weighted by molar-refractivity contribution is 0.851. The predicted octanol–water partition coefficient (Wildman–Crippen LogP) is 2.87. The first-order valence-electron chi connectivity index (χ1n) is 5.96. The summed E-state index contributed by atoms with van der Waals surface area (Å²) in [7, 11) is 4.06. The van der Waals surface area contributed by atoms with Gasteiger partial charge in [-0.05, 0) is 31.5 Å². The van der Waals surface area contributed by atoms with Crippen molar-refractivity contribution in [2.45, 2.75) is 19.9 Å². The van der Waals surface area contributed by atoms with Gasteiger partial charge in [0.1, 0.15) is 5.01 Å². The maximum atomic E-state index is 6.26. The first kappa shape index (κ1) is 13.1. The number of hydrogen-bond acceptors (Lipinski definition) is 4. The van der Waals surface area contributed by atoms with Gasteiger partial charge in [0.15, 0.2) is 0 Å². The zero-order chi connectivity index (χ0) is 13.3. The largest absolute Gasteiger partial charge is 0.378 e. The second kappa shape index (κ2) is 5.08. The Bertz CT molecular complexity index is 509. The highest BCUT2D eigenvalue weighted by Gasteiger charge is 2.14. The zero-order valence-corrected chi connectivity index (χ0v) is 12.1. The van der Waals surface area contributed by atoms with E-state index in [0.29, 0.717) is 0 Å². The lowest BCUT2D eigenvalue weighted by Gasteiger charge is -2.14. The van der Waals surface area contributed by atoms with E-state index in [0.717, 1.165) is 16.3 Å². The van der Waals surface area contributed by atoms with Crippen molar-refractivity contribution in [2.75, 3.05) is 19.0 Å². The van der Waals surface area contributed by atoms with E-state index in [1.807, 2.05) is 21.0 Å². The van der Waals surface area contributed by atoms with Crippen molar-refractivity contribution >= 4 is 17.0 Å². The molecule has 0 aliphatic rings. The van der Waals surface area contributed by atoms with Crippen LogP contribution in [0.25, 0.3) is 0 Å². The molecule has 0 aliphatic carbocycles. The summed E-state index contributed by atoms with van der Waals surface area (Å²) in [6.45, 7) is 4.11. The third-order valence-electron chi connectivity index (χ3n) is 3.08. The van der Waals surface area contributed by atoms with E-state index in [4.69, 9.17) is 5.73 Å². The van der Waals surface area contributed by atoms with Gasteiger partial charge >= 0.3 is 0 Å². The summed E-state index contributed by atoms with van der Waals surface area (Å²) in [5.74, 6) is 0. The highest BCUT2D eigenvalue weighted by Crippen LogP contribution is 2.27. The molecule has 96 valence electrons. The van der Waals surface area contributed by atoms with E-state index in [-0.39, 0.29) is 6.04 Å². The van der Waals surface area contributed by atoms with Gasteiger partial charge in [0.25, 0.3) is 0 Å². The molecule has 0 aliphatic heterocycles. The summed E-state index contributed by atoms with van der Waals surface area (Å²) in [5.41, 5.74) is 9.62. The summed E-state index contributed by atoms with van der Waals surface area (Å²) >= 11 is 1.68. The van der Waals surface area contributed by atoms with Gasteiger partial charge in [-0.15, -0.1) is 11.3 Å². The molecule has 0 saturated heterocycles. The third-order valence-corrected chi connectivity index (χ3v) is 4.24. The molecular formula is C14H19N3S. The zero-order valence-electron chi connectivity index (χ0n) is 11.3. The highest BCUT2D eigenvalue weighted by atomic mass is 32.1. The monoisotopic (exact) mass is 261 g/mol. The molecule has 18 heavy (non-hydrogen) atoms. The van der Waals surface area contributed by atoms with Crippen molar-refractivity contribution < 1.29 is 0 Å². The SMILES string of the molecule is Cc1nc(C(N)c2ccc(N(C)C)cc2)sc1C. The van der Waals surface area contributed by atoms with Crippen LogP contribution in [0.15, 0.2) is 24.3 Å². The molecular weight excluding hydrogens is 242 g/mol.